The fourth-order valence-corrected chi connectivity index (χ4v) is 1.29. The van der Waals surface area contributed by atoms with Crippen molar-refractivity contribution in [3.05, 3.63) is 23.2 Å². The zero-order chi connectivity index (χ0) is 12.8. The molecular formula is C12H13ClN2O2. The van der Waals surface area contributed by atoms with Crippen LogP contribution in [0.15, 0.2) is 18.2 Å². The van der Waals surface area contributed by atoms with E-state index in [1.807, 2.05) is 0 Å². The van der Waals surface area contributed by atoms with Crippen molar-refractivity contribution in [3.8, 4) is 18.1 Å². The molecule has 0 unspecified atom stereocenters. The minimum Gasteiger partial charge on any atom is -0.479 e. The highest BCUT2D eigenvalue weighted by Gasteiger charge is 2.06. The number of nitrogens with zero attached hydrogens (tertiary/aromatic N) is 1. The number of halogens is 1. The van der Waals surface area contributed by atoms with Crippen LogP contribution in [0.3, 0.4) is 0 Å². The predicted molar refractivity (Wildman–Crippen MR) is 68.5 cm³/mol. The monoisotopic (exact) mass is 252 g/mol. The minimum absolute atomic E-state index is 0.156. The summed E-state index contributed by atoms with van der Waals surface area (Å²) >= 11 is 5.97. The predicted octanol–water partition coefficient (Wildman–Crippen LogP) is 2.45. The van der Waals surface area contributed by atoms with E-state index in [9.17, 15) is 4.79 Å². The quantitative estimate of drug-likeness (QED) is 0.840. The summed E-state index contributed by atoms with van der Waals surface area (Å²) in [7, 11) is 3.31. The minimum atomic E-state index is -0.224. The molecule has 0 aromatic heterocycles. The van der Waals surface area contributed by atoms with Gasteiger partial charge in [-0.05, 0) is 18.2 Å². The van der Waals surface area contributed by atoms with Crippen LogP contribution < -0.4 is 10.1 Å². The number of urea groups is 1. The van der Waals surface area contributed by atoms with Crippen LogP contribution in [0.25, 0.3) is 0 Å². The molecule has 0 aliphatic rings. The lowest BCUT2D eigenvalue weighted by Gasteiger charge is -2.13. The first-order chi connectivity index (χ1) is 8.04. The zero-order valence-corrected chi connectivity index (χ0v) is 10.4. The smallest absolute Gasteiger partial charge is 0.321 e. The molecule has 1 aromatic carbocycles. The van der Waals surface area contributed by atoms with Crippen molar-refractivity contribution in [1.82, 2.24) is 4.90 Å². The number of carbonyl (C=O) groups excluding carboxylic acids is 1. The van der Waals surface area contributed by atoms with Crippen molar-refractivity contribution in [2.75, 3.05) is 26.0 Å². The normalized spacial score (nSPS) is 9.29. The Bertz CT molecular complexity index is 452. The number of nitrogens with one attached hydrogen (secondary N) is 1. The maximum Gasteiger partial charge on any atom is 0.321 e. The standard InChI is InChI=1S/C12H13ClN2O2/c1-4-7-17-11-6-5-9(8-10(11)13)14-12(16)15(2)3/h1,5-6,8H,7H2,2-3H3,(H,14,16). The fourth-order valence-electron chi connectivity index (χ4n) is 1.05. The van der Waals surface area contributed by atoms with E-state index in [1.54, 1.807) is 32.3 Å². The van der Waals surface area contributed by atoms with E-state index in [0.29, 0.717) is 16.5 Å². The molecule has 0 bridgehead atoms. The molecule has 0 saturated heterocycles. The molecule has 5 heteroatoms. The zero-order valence-electron chi connectivity index (χ0n) is 9.66. The van der Waals surface area contributed by atoms with Gasteiger partial charge in [0.2, 0.25) is 0 Å². The topological polar surface area (TPSA) is 41.6 Å². The van der Waals surface area contributed by atoms with Crippen LogP contribution in [0.5, 0.6) is 5.75 Å². The number of hydrogen-bond acceptors (Lipinski definition) is 2. The van der Waals surface area contributed by atoms with Crippen molar-refractivity contribution in [2.24, 2.45) is 0 Å². The summed E-state index contributed by atoms with van der Waals surface area (Å²) in [6.07, 6.45) is 5.07. The summed E-state index contributed by atoms with van der Waals surface area (Å²) in [5.74, 6) is 2.84. The lowest BCUT2D eigenvalue weighted by molar-refractivity contribution is 0.230. The largest absolute Gasteiger partial charge is 0.479 e. The second-order valence-electron chi connectivity index (χ2n) is 3.46. The van der Waals surface area contributed by atoms with Gasteiger partial charge < -0.3 is 15.0 Å². The van der Waals surface area contributed by atoms with Crippen LogP contribution in [0.2, 0.25) is 5.02 Å². The van der Waals surface area contributed by atoms with Crippen molar-refractivity contribution in [1.29, 1.82) is 0 Å². The number of hydrogen-bond donors (Lipinski definition) is 1. The van der Waals surface area contributed by atoms with Gasteiger partial charge in [0.05, 0.1) is 5.02 Å². The first-order valence-electron chi connectivity index (χ1n) is 4.88. The van der Waals surface area contributed by atoms with E-state index in [-0.39, 0.29) is 12.6 Å². The summed E-state index contributed by atoms with van der Waals surface area (Å²) in [4.78, 5) is 12.8. The Labute approximate surface area is 106 Å². The van der Waals surface area contributed by atoms with Crippen LogP contribution in [-0.2, 0) is 0 Å². The van der Waals surface area contributed by atoms with Gasteiger partial charge in [-0.25, -0.2) is 4.79 Å². The van der Waals surface area contributed by atoms with Gasteiger partial charge in [0, 0.05) is 19.8 Å². The van der Waals surface area contributed by atoms with E-state index < -0.39 is 0 Å². The van der Waals surface area contributed by atoms with Crippen LogP contribution >= 0.6 is 11.6 Å². The van der Waals surface area contributed by atoms with Gasteiger partial charge in [-0.2, -0.15) is 0 Å². The molecule has 2 amide bonds. The maximum atomic E-state index is 11.4. The molecule has 0 heterocycles. The second kappa shape index (κ2) is 6.02. The van der Waals surface area contributed by atoms with Gasteiger partial charge in [-0.3, -0.25) is 0 Å². The fraction of sp³-hybridized carbons (Fsp3) is 0.250. The Hall–Kier alpha value is -1.86. The van der Waals surface area contributed by atoms with Crippen LogP contribution in [0.1, 0.15) is 0 Å². The Morgan fingerprint density at radius 3 is 2.82 bits per heavy atom. The summed E-state index contributed by atoms with van der Waals surface area (Å²) in [6.45, 7) is 0.156. The number of anilines is 1. The van der Waals surface area contributed by atoms with Crippen molar-refractivity contribution >= 4 is 23.3 Å². The summed E-state index contributed by atoms with van der Waals surface area (Å²) in [5.41, 5.74) is 0.599. The number of carbonyl (C=O) groups is 1. The first-order valence-corrected chi connectivity index (χ1v) is 5.26. The van der Waals surface area contributed by atoms with Crippen molar-refractivity contribution < 1.29 is 9.53 Å². The van der Waals surface area contributed by atoms with Crippen LogP contribution in [-0.4, -0.2) is 31.6 Å². The lowest BCUT2D eigenvalue weighted by atomic mass is 10.3. The molecule has 0 aliphatic heterocycles. The molecule has 1 aromatic rings. The van der Waals surface area contributed by atoms with E-state index in [2.05, 4.69) is 11.2 Å². The number of amides is 2. The van der Waals surface area contributed by atoms with Crippen LogP contribution in [0, 0.1) is 12.3 Å². The summed E-state index contributed by atoms with van der Waals surface area (Å²) in [6, 6.07) is 4.73. The van der Waals surface area contributed by atoms with Crippen molar-refractivity contribution in [3.63, 3.8) is 0 Å². The van der Waals surface area contributed by atoms with Gasteiger partial charge >= 0.3 is 6.03 Å². The van der Waals surface area contributed by atoms with Gasteiger partial charge in [-0.15, -0.1) is 6.42 Å². The molecular weight excluding hydrogens is 240 g/mol. The summed E-state index contributed by atoms with van der Waals surface area (Å²) < 4.78 is 5.20. The van der Waals surface area contributed by atoms with E-state index >= 15 is 0 Å². The Morgan fingerprint density at radius 1 is 1.59 bits per heavy atom. The van der Waals surface area contributed by atoms with Gasteiger partial charge in [0.15, 0.2) is 0 Å². The van der Waals surface area contributed by atoms with Gasteiger partial charge in [-0.1, -0.05) is 17.5 Å². The number of terminal acetylenes is 1. The molecule has 4 nitrogen and oxygen atoms in total. The Balaban J connectivity index is 2.75. The van der Waals surface area contributed by atoms with E-state index in [1.165, 1.54) is 4.90 Å². The molecule has 1 rings (SSSR count). The number of benzene rings is 1. The lowest BCUT2D eigenvalue weighted by Crippen LogP contribution is -2.27. The van der Waals surface area contributed by atoms with Crippen molar-refractivity contribution in [2.45, 2.75) is 0 Å². The third-order valence-corrected chi connectivity index (χ3v) is 2.20. The van der Waals surface area contributed by atoms with Gasteiger partial charge in [0.1, 0.15) is 12.4 Å². The highest BCUT2D eigenvalue weighted by atomic mass is 35.5. The number of ether oxygens (including phenoxy) is 1. The molecule has 0 atom stereocenters. The molecule has 1 N–H and O–H groups in total. The van der Waals surface area contributed by atoms with Crippen LogP contribution in [0.4, 0.5) is 10.5 Å². The molecule has 90 valence electrons. The average molecular weight is 253 g/mol. The molecule has 0 saturated carbocycles. The molecule has 0 spiro atoms. The third kappa shape index (κ3) is 3.89. The van der Waals surface area contributed by atoms with E-state index in [4.69, 9.17) is 22.8 Å². The van der Waals surface area contributed by atoms with E-state index in [0.717, 1.165) is 0 Å². The molecule has 17 heavy (non-hydrogen) atoms. The maximum absolute atomic E-state index is 11.4. The first kappa shape index (κ1) is 13.2. The Morgan fingerprint density at radius 2 is 2.29 bits per heavy atom. The average Bonchev–Trinajstić information content (AvgIpc) is 2.28. The Kier molecular flexibility index (Phi) is 4.68. The second-order valence-corrected chi connectivity index (χ2v) is 3.87. The molecule has 0 fully saturated rings. The molecule has 0 aliphatic carbocycles. The third-order valence-electron chi connectivity index (χ3n) is 1.90. The highest BCUT2D eigenvalue weighted by molar-refractivity contribution is 6.32. The van der Waals surface area contributed by atoms with Gasteiger partial charge in [0.25, 0.3) is 0 Å². The summed E-state index contributed by atoms with van der Waals surface area (Å²) in [5, 5.41) is 3.07. The molecule has 0 radical (unpaired) electrons. The SMILES string of the molecule is C#CCOc1ccc(NC(=O)N(C)C)cc1Cl. The highest BCUT2D eigenvalue weighted by Crippen LogP contribution is 2.27. The number of rotatable bonds is 3.